The van der Waals surface area contributed by atoms with Crippen molar-refractivity contribution in [3.05, 3.63) is 82.1 Å². The lowest BCUT2D eigenvalue weighted by atomic mass is 9.97. The predicted octanol–water partition coefficient (Wildman–Crippen LogP) is 4.98. The number of halogens is 2. The van der Waals surface area contributed by atoms with Crippen LogP contribution in [-0.2, 0) is 6.42 Å². The Hall–Kier alpha value is -1.71. The molecule has 0 saturated heterocycles. The Kier molecular flexibility index (Phi) is 4.04. The molecule has 1 nitrogen and oxygen atoms in total. The minimum Gasteiger partial charge on any atom is -0.324 e. The second-order valence-electron chi connectivity index (χ2n) is 5.19. The summed E-state index contributed by atoms with van der Waals surface area (Å²) in [5.41, 5.74) is 8.42. The molecule has 1 unspecified atom stereocenters. The van der Waals surface area contributed by atoms with Gasteiger partial charge in [0.15, 0.2) is 0 Å². The van der Waals surface area contributed by atoms with Gasteiger partial charge in [0, 0.05) is 10.5 Å². The van der Waals surface area contributed by atoms with Gasteiger partial charge in [-0.2, -0.15) is 0 Å². The summed E-state index contributed by atoms with van der Waals surface area (Å²) in [6.07, 6.45) is 0.697. The molecule has 3 heteroatoms. The van der Waals surface area contributed by atoms with Gasteiger partial charge >= 0.3 is 0 Å². The summed E-state index contributed by atoms with van der Waals surface area (Å²) >= 11 is 3.47. The lowest BCUT2D eigenvalue weighted by molar-refractivity contribution is 0.625. The molecule has 0 aliphatic heterocycles. The van der Waals surface area contributed by atoms with E-state index in [2.05, 4.69) is 46.3 Å². The number of rotatable bonds is 3. The lowest BCUT2D eigenvalue weighted by Crippen LogP contribution is -2.13. The molecular formula is C18H15BrFN. The molecule has 0 heterocycles. The zero-order chi connectivity index (χ0) is 14.8. The van der Waals surface area contributed by atoms with Crippen molar-refractivity contribution in [3.63, 3.8) is 0 Å². The first-order valence-corrected chi connectivity index (χ1v) is 7.60. The third-order valence-electron chi connectivity index (χ3n) is 3.62. The van der Waals surface area contributed by atoms with Crippen LogP contribution in [-0.4, -0.2) is 0 Å². The van der Waals surface area contributed by atoms with Crippen LogP contribution in [0.1, 0.15) is 17.2 Å². The van der Waals surface area contributed by atoms with Crippen LogP contribution >= 0.6 is 15.9 Å². The highest BCUT2D eigenvalue weighted by Crippen LogP contribution is 2.24. The second-order valence-corrected chi connectivity index (χ2v) is 6.10. The van der Waals surface area contributed by atoms with Crippen molar-refractivity contribution in [2.75, 3.05) is 0 Å². The van der Waals surface area contributed by atoms with E-state index in [-0.39, 0.29) is 11.9 Å². The lowest BCUT2D eigenvalue weighted by Gasteiger charge is -2.13. The van der Waals surface area contributed by atoms with Crippen molar-refractivity contribution in [2.45, 2.75) is 12.5 Å². The molecule has 0 fully saturated rings. The van der Waals surface area contributed by atoms with Crippen LogP contribution in [0.15, 0.2) is 65.1 Å². The van der Waals surface area contributed by atoms with Gasteiger partial charge in [0.05, 0.1) is 0 Å². The molecule has 2 N–H and O–H groups in total. The Morgan fingerprint density at radius 2 is 1.57 bits per heavy atom. The Morgan fingerprint density at radius 3 is 2.33 bits per heavy atom. The molecule has 0 radical (unpaired) electrons. The Labute approximate surface area is 131 Å². The van der Waals surface area contributed by atoms with E-state index in [1.807, 2.05) is 6.07 Å². The van der Waals surface area contributed by atoms with Gasteiger partial charge in [0.25, 0.3) is 0 Å². The first-order valence-electron chi connectivity index (χ1n) is 6.81. The van der Waals surface area contributed by atoms with E-state index in [0.717, 1.165) is 15.6 Å². The molecule has 0 bridgehead atoms. The van der Waals surface area contributed by atoms with Crippen LogP contribution in [0, 0.1) is 5.82 Å². The fourth-order valence-corrected chi connectivity index (χ4v) is 2.84. The Morgan fingerprint density at radius 1 is 0.905 bits per heavy atom. The molecule has 0 aliphatic carbocycles. The smallest absolute Gasteiger partial charge is 0.123 e. The summed E-state index contributed by atoms with van der Waals surface area (Å²) in [7, 11) is 0. The van der Waals surface area contributed by atoms with Gasteiger partial charge in [-0.05, 0) is 58.7 Å². The van der Waals surface area contributed by atoms with E-state index in [1.165, 1.54) is 22.9 Å². The van der Waals surface area contributed by atoms with Crippen LogP contribution in [0.25, 0.3) is 10.8 Å². The van der Waals surface area contributed by atoms with Crippen LogP contribution in [0.4, 0.5) is 4.39 Å². The molecule has 0 aliphatic rings. The molecule has 1 atom stereocenters. The van der Waals surface area contributed by atoms with Crippen LogP contribution in [0.2, 0.25) is 0 Å². The number of benzene rings is 3. The van der Waals surface area contributed by atoms with Crippen molar-refractivity contribution >= 4 is 26.7 Å². The number of hydrogen-bond donors (Lipinski definition) is 1. The predicted molar refractivity (Wildman–Crippen MR) is 88.7 cm³/mol. The molecule has 106 valence electrons. The number of hydrogen-bond acceptors (Lipinski definition) is 1. The van der Waals surface area contributed by atoms with Crippen molar-refractivity contribution in [1.82, 2.24) is 0 Å². The monoisotopic (exact) mass is 343 g/mol. The van der Waals surface area contributed by atoms with Gasteiger partial charge < -0.3 is 5.73 Å². The number of nitrogens with two attached hydrogens (primary N) is 1. The van der Waals surface area contributed by atoms with Crippen LogP contribution in [0.5, 0.6) is 0 Å². The van der Waals surface area contributed by atoms with Crippen molar-refractivity contribution in [2.24, 2.45) is 5.73 Å². The van der Waals surface area contributed by atoms with Gasteiger partial charge in [0.1, 0.15) is 5.82 Å². The molecule has 21 heavy (non-hydrogen) atoms. The largest absolute Gasteiger partial charge is 0.324 e. The highest BCUT2D eigenvalue weighted by atomic mass is 79.9. The van der Waals surface area contributed by atoms with Gasteiger partial charge in [-0.15, -0.1) is 0 Å². The van der Waals surface area contributed by atoms with E-state index in [4.69, 9.17) is 5.73 Å². The quantitative estimate of drug-likeness (QED) is 0.712. The van der Waals surface area contributed by atoms with Crippen molar-refractivity contribution < 1.29 is 4.39 Å². The van der Waals surface area contributed by atoms with Gasteiger partial charge in [-0.25, -0.2) is 4.39 Å². The summed E-state index contributed by atoms with van der Waals surface area (Å²) < 4.78 is 14.0. The summed E-state index contributed by atoms with van der Waals surface area (Å²) in [6, 6.07) is 18.9. The van der Waals surface area contributed by atoms with Gasteiger partial charge in [-0.3, -0.25) is 0 Å². The van der Waals surface area contributed by atoms with Gasteiger partial charge in [-0.1, -0.05) is 46.3 Å². The summed E-state index contributed by atoms with van der Waals surface area (Å²) in [5, 5.41) is 2.35. The van der Waals surface area contributed by atoms with Crippen LogP contribution < -0.4 is 5.73 Å². The third kappa shape index (κ3) is 3.31. The topological polar surface area (TPSA) is 26.0 Å². The van der Waals surface area contributed by atoms with E-state index in [9.17, 15) is 4.39 Å². The molecule has 3 aromatic carbocycles. The van der Waals surface area contributed by atoms with E-state index in [1.54, 1.807) is 12.1 Å². The minimum atomic E-state index is -0.219. The number of fused-ring (bicyclic) bond motifs is 1. The second kappa shape index (κ2) is 5.96. The SMILES string of the molecule is NC(Cc1ccc(F)cc1)c1ccc2cc(Br)ccc2c1. The normalized spacial score (nSPS) is 12.5. The highest BCUT2D eigenvalue weighted by molar-refractivity contribution is 9.10. The minimum absolute atomic E-state index is 0.0940. The summed E-state index contributed by atoms with van der Waals surface area (Å²) in [4.78, 5) is 0. The standard InChI is InChI=1S/C18H15BrFN/c19-16-6-5-13-10-15(4-3-14(13)11-16)18(21)9-12-1-7-17(20)8-2-12/h1-8,10-11,18H,9,21H2. The fourth-order valence-electron chi connectivity index (χ4n) is 2.46. The van der Waals surface area contributed by atoms with E-state index in [0.29, 0.717) is 6.42 Å². The van der Waals surface area contributed by atoms with Crippen molar-refractivity contribution in [3.8, 4) is 0 Å². The first-order chi connectivity index (χ1) is 10.1. The molecule has 3 aromatic rings. The fraction of sp³-hybridized carbons (Fsp3) is 0.111. The average molecular weight is 344 g/mol. The maximum Gasteiger partial charge on any atom is 0.123 e. The van der Waals surface area contributed by atoms with E-state index >= 15 is 0 Å². The highest BCUT2D eigenvalue weighted by Gasteiger charge is 2.08. The molecule has 3 rings (SSSR count). The van der Waals surface area contributed by atoms with Crippen molar-refractivity contribution in [1.29, 1.82) is 0 Å². The van der Waals surface area contributed by atoms with Gasteiger partial charge in [0.2, 0.25) is 0 Å². The average Bonchev–Trinajstić information content (AvgIpc) is 2.49. The third-order valence-corrected chi connectivity index (χ3v) is 4.12. The maximum atomic E-state index is 12.9. The molecule has 0 amide bonds. The first kappa shape index (κ1) is 14.2. The summed E-state index contributed by atoms with van der Waals surface area (Å²) in [5.74, 6) is -0.219. The molecule has 0 spiro atoms. The van der Waals surface area contributed by atoms with E-state index < -0.39 is 0 Å². The molecule has 0 aromatic heterocycles. The summed E-state index contributed by atoms with van der Waals surface area (Å²) in [6.45, 7) is 0. The Bertz CT molecular complexity index is 768. The van der Waals surface area contributed by atoms with Crippen LogP contribution in [0.3, 0.4) is 0 Å². The zero-order valence-corrected chi connectivity index (χ0v) is 13.0. The molecule has 0 saturated carbocycles. The Balaban J connectivity index is 1.85. The zero-order valence-electron chi connectivity index (χ0n) is 11.4. The maximum absolute atomic E-state index is 12.9. The molecular weight excluding hydrogens is 329 g/mol.